The van der Waals surface area contributed by atoms with E-state index in [9.17, 15) is 0 Å². The maximum atomic E-state index is 9.06. The van der Waals surface area contributed by atoms with Crippen molar-refractivity contribution in [2.75, 3.05) is 0 Å². The van der Waals surface area contributed by atoms with Gasteiger partial charge in [0.1, 0.15) is 0 Å². The van der Waals surface area contributed by atoms with Crippen LogP contribution in [0.25, 0.3) is 0 Å². The second kappa shape index (κ2) is 4.53. The lowest BCUT2D eigenvalue weighted by molar-refractivity contribution is 0.628. The van der Waals surface area contributed by atoms with Crippen LogP contribution in [-0.4, -0.2) is 0 Å². The normalized spacial score (nSPS) is 13.7. The van der Waals surface area contributed by atoms with E-state index >= 15 is 0 Å². The van der Waals surface area contributed by atoms with E-state index in [0.29, 0.717) is 15.6 Å². The van der Waals surface area contributed by atoms with Crippen LogP contribution in [-0.2, 0) is 5.41 Å². The first-order valence-electron chi connectivity index (χ1n) is 4.26. The highest BCUT2D eigenvalue weighted by molar-refractivity contribution is 6.34. The quantitative estimate of drug-likeness (QED) is 0.790. The minimum Gasteiger partial charge on any atom is -0.198 e. The Labute approximate surface area is 98.6 Å². The highest BCUT2D eigenvalue weighted by Gasteiger charge is 2.26. The SMILES string of the molecule is CC(C#N)(CC#N)c1cc(Cl)cc(Cl)c1. The van der Waals surface area contributed by atoms with E-state index in [2.05, 4.69) is 6.07 Å². The van der Waals surface area contributed by atoms with Crippen LogP contribution in [0.2, 0.25) is 10.0 Å². The van der Waals surface area contributed by atoms with Crippen molar-refractivity contribution in [3.8, 4) is 12.1 Å². The Morgan fingerprint density at radius 1 is 1.20 bits per heavy atom. The van der Waals surface area contributed by atoms with Gasteiger partial charge in [0.25, 0.3) is 0 Å². The fourth-order valence-corrected chi connectivity index (χ4v) is 1.76. The largest absolute Gasteiger partial charge is 0.198 e. The predicted octanol–water partition coefficient (Wildman–Crippen LogP) is 3.69. The molecule has 0 aromatic heterocycles. The van der Waals surface area contributed by atoms with Gasteiger partial charge in [-0.05, 0) is 30.7 Å². The molecule has 0 saturated carbocycles. The van der Waals surface area contributed by atoms with Crippen molar-refractivity contribution in [2.45, 2.75) is 18.8 Å². The minimum atomic E-state index is -0.858. The number of benzene rings is 1. The zero-order chi connectivity index (χ0) is 11.5. The summed E-state index contributed by atoms with van der Waals surface area (Å²) in [6, 6.07) is 9.01. The third kappa shape index (κ3) is 2.63. The monoisotopic (exact) mass is 238 g/mol. The molecular formula is C11H8Cl2N2. The van der Waals surface area contributed by atoms with Crippen LogP contribution in [0.5, 0.6) is 0 Å². The molecule has 0 fully saturated rings. The molecule has 1 unspecified atom stereocenters. The molecule has 0 radical (unpaired) electrons. The Kier molecular flexibility index (Phi) is 3.58. The van der Waals surface area contributed by atoms with Gasteiger partial charge in [0.05, 0.1) is 24.0 Å². The standard InChI is InChI=1S/C11H8Cl2N2/c1-11(7-15,2-3-14)8-4-9(12)6-10(13)5-8/h4-6H,2H2,1H3. The number of nitriles is 2. The number of halogens is 2. The van der Waals surface area contributed by atoms with Crippen molar-refractivity contribution in [1.29, 1.82) is 10.5 Å². The summed E-state index contributed by atoms with van der Waals surface area (Å²) in [5, 5.41) is 18.7. The van der Waals surface area contributed by atoms with Gasteiger partial charge in [0.2, 0.25) is 0 Å². The molecule has 0 N–H and O–H groups in total. The average molecular weight is 239 g/mol. The second-order valence-electron chi connectivity index (χ2n) is 3.44. The molecule has 0 aliphatic rings. The summed E-state index contributed by atoms with van der Waals surface area (Å²) in [7, 11) is 0. The van der Waals surface area contributed by atoms with E-state index < -0.39 is 5.41 Å². The maximum Gasteiger partial charge on any atom is 0.0924 e. The van der Waals surface area contributed by atoms with Crippen molar-refractivity contribution < 1.29 is 0 Å². The maximum absolute atomic E-state index is 9.06. The van der Waals surface area contributed by atoms with Crippen LogP contribution < -0.4 is 0 Å². The molecule has 2 nitrogen and oxygen atoms in total. The van der Waals surface area contributed by atoms with Gasteiger partial charge in [-0.25, -0.2) is 0 Å². The molecule has 1 aromatic carbocycles. The van der Waals surface area contributed by atoms with E-state index in [1.807, 2.05) is 6.07 Å². The molecule has 76 valence electrons. The number of hydrogen-bond acceptors (Lipinski definition) is 2. The van der Waals surface area contributed by atoms with Gasteiger partial charge in [-0.3, -0.25) is 0 Å². The molecule has 0 aliphatic heterocycles. The summed E-state index contributed by atoms with van der Waals surface area (Å²) in [5.41, 5.74) is -0.187. The van der Waals surface area contributed by atoms with E-state index in [1.165, 1.54) is 0 Å². The lowest BCUT2D eigenvalue weighted by Crippen LogP contribution is -2.18. The summed E-state index contributed by atoms with van der Waals surface area (Å²) in [4.78, 5) is 0. The second-order valence-corrected chi connectivity index (χ2v) is 4.31. The molecule has 0 amide bonds. The zero-order valence-corrected chi connectivity index (χ0v) is 9.60. The predicted molar refractivity (Wildman–Crippen MR) is 59.7 cm³/mol. The highest BCUT2D eigenvalue weighted by atomic mass is 35.5. The smallest absolute Gasteiger partial charge is 0.0924 e. The van der Waals surface area contributed by atoms with Gasteiger partial charge in [0.15, 0.2) is 0 Å². The Balaban J connectivity index is 3.26. The van der Waals surface area contributed by atoms with Crippen LogP contribution in [0.3, 0.4) is 0 Å². The fourth-order valence-electron chi connectivity index (χ4n) is 1.24. The van der Waals surface area contributed by atoms with Gasteiger partial charge < -0.3 is 0 Å². The van der Waals surface area contributed by atoms with Gasteiger partial charge in [0, 0.05) is 10.0 Å². The van der Waals surface area contributed by atoms with Crippen molar-refractivity contribution >= 4 is 23.2 Å². The molecule has 1 rings (SSSR count). The van der Waals surface area contributed by atoms with Crippen LogP contribution in [0, 0.1) is 22.7 Å². The molecule has 0 saturated heterocycles. The molecule has 0 spiro atoms. The zero-order valence-electron chi connectivity index (χ0n) is 8.09. The lowest BCUT2D eigenvalue weighted by atomic mass is 9.81. The van der Waals surface area contributed by atoms with Crippen LogP contribution in [0.4, 0.5) is 0 Å². The van der Waals surface area contributed by atoms with Crippen LogP contribution in [0.1, 0.15) is 18.9 Å². The fraction of sp³-hybridized carbons (Fsp3) is 0.273. The van der Waals surface area contributed by atoms with Crippen molar-refractivity contribution in [1.82, 2.24) is 0 Å². The topological polar surface area (TPSA) is 47.6 Å². The van der Waals surface area contributed by atoms with E-state index in [1.54, 1.807) is 25.1 Å². The third-order valence-electron chi connectivity index (χ3n) is 2.18. The van der Waals surface area contributed by atoms with Crippen LogP contribution >= 0.6 is 23.2 Å². The first-order chi connectivity index (χ1) is 7.01. The average Bonchev–Trinajstić information content (AvgIpc) is 2.16. The summed E-state index contributed by atoms with van der Waals surface area (Å²) < 4.78 is 0. The Morgan fingerprint density at radius 3 is 2.13 bits per heavy atom. The molecular weight excluding hydrogens is 231 g/mol. The highest BCUT2D eigenvalue weighted by Crippen LogP contribution is 2.31. The van der Waals surface area contributed by atoms with Crippen molar-refractivity contribution in [2.24, 2.45) is 0 Å². The molecule has 1 aromatic rings. The Hall–Kier alpha value is -1.22. The summed E-state index contributed by atoms with van der Waals surface area (Å²) >= 11 is 11.7. The number of hydrogen-bond donors (Lipinski definition) is 0. The van der Waals surface area contributed by atoms with Gasteiger partial charge in [-0.1, -0.05) is 23.2 Å². The Bertz CT molecular complexity index is 436. The first-order valence-corrected chi connectivity index (χ1v) is 5.02. The van der Waals surface area contributed by atoms with Crippen molar-refractivity contribution in [3.63, 3.8) is 0 Å². The van der Waals surface area contributed by atoms with Gasteiger partial charge in [-0.2, -0.15) is 10.5 Å². The third-order valence-corrected chi connectivity index (χ3v) is 2.62. The summed E-state index contributed by atoms with van der Waals surface area (Å²) in [6.07, 6.45) is 0.111. The van der Waals surface area contributed by atoms with E-state index in [-0.39, 0.29) is 6.42 Å². The molecule has 0 bridgehead atoms. The summed E-state index contributed by atoms with van der Waals surface area (Å²) in [6.45, 7) is 1.69. The molecule has 1 atom stereocenters. The van der Waals surface area contributed by atoms with E-state index in [4.69, 9.17) is 33.7 Å². The molecule has 4 heteroatoms. The van der Waals surface area contributed by atoms with Crippen LogP contribution in [0.15, 0.2) is 18.2 Å². The van der Waals surface area contributed by atoms with Crippen molar-refractivity contribution in [3.05, 3.63) is 33.8 Å². The van der Waals surface area contributed by atoms with Gasteiger partial charge >= 0.3 is 0 Å². The lowest BCUT2D eigenvalue weighted by Gasteiger charge is -2.18. The summed E-state index contributed by atoms with van der Waals surface area (Å²) in [5.74, 6) is 0. The minimum absolute atomic E-state index is 0.111. The van der Waals surface area contributed by atoms with E-state index in [0.717, 1.165) is 0 Å². The number of rotatable bonds is 2. The first kappa shape index (κ1) is 11.9. The number of nitrogens with zero attached hydrogens (tertiary/aromatic N) is 2. The molecule has 0 aliphatic carbocycles. The molecule has 15 heavy (non-hydrogen) atoms. The molecule has 0 heterocycles. The van der Waals surface area contributed by atoms with Gasteiger partial charge in [-0.15, -0.1) is 0 Å². The Morgan fingerprint density at radius 2 is 1.73 bits per heavy atom.